The monoisotopic (exact) mass is 619 g/mol. The van der Waals surface area contributed by atoms with Crippen molar-refractivity contribution in [3.8, 4) is 11.5 Å². The number of aliphatic imine (C=N–C) groups is 1. The molecule has 2 aliphatic heterocycles. The third kappa shape index (κ3) is 4.87. The lowest BCUT2D eigenvalue weighted by molar-refractivity contribution is -0.0538. The van der Waals surface area contributed by atoms with Crippen molar-refractivity contribution in [1.82, 2.24) is 0 Å². The first kappa shape index (κ1) is 29.9. The van der Waals surface area contributed by atoms with E-state index in [1.54, 1.807) is 13.8 Å². The molecule has 2 bridgehead atoms. The van der Waals surface area contributed by atoms with Gasteiger partial charge in [-0.1, -0.05) is 34.4 Å². The molecule has 0 unspecified atom stereocenters. The van der Waals surface area contributed by atoms with E-state index in [-0.39, 0.29) is 29.9 Å². The highest BCUT2D eigenvalue weighted by atomic mass is 33.1. The van der Waals surface area contributed by atoms with Crippen molar-refractivity contribution in [2.24, 2.45) is 21.9 Å². The molecule has 7 N–H and O–H groups in total. The van der Waals surface area contributed by atoms with Crippen LogP contribution in [-0.2, 0) is 12.2 Å². The van der Waals surface area contributed by atoms with Crippen molar-refractivity contribution in [2.45, 2.75) is 107 Å². The lowest BCUT2D eigenvalue weighted by Gasteiger charge is -2.47. The largest absolute Gasteiger partial charge is 0.489 e. The second-order valence-electron chi connectivity index (χ2n) is 12.8. The second kappa shape index (κ2) is 11.1. The number of fused-ring (bicyclic) bond motifs is 3. The molecule has 0 saturated heterocycles. The summed E-state index contributed by atoms with van der Waals surface area (Å²) in [7, 11) is 3.02. The molecule has 42 heavy (non-hydrogen) atoms. The molecule has 3 atom stereocenters. The van der Waals surface area contributed by atoms with Gasteiger partial charge in [-0.05, 0) is 52.4 Å². The van der Waals surface area contributed by atoms with Crippen LogP contribution in [0.3, 0.4) is 0 Å². The van der Waals surface area contributed by atoms with Crippen LogP contribution in [0.25, 0.3) is 11.0 Å². The Hall–Kier alpha value is -2.12. The molecule has 2 fully saturated rings. The Kier molecular flexibility index (Phi) is 7.91. The summed E-state index contributed by atoms with van der Waals surface area (Å²) in [4.78, 5) is 18.7. The van der Waals surface area contributed by atoms with Crippen LogP contribution in [0, 0.1) is 5.41 Å². The number of ether oxygens (including phenoxy) is 2. The van der Waals surface area contributed by atoms with Crippen LogP contribution in [0.2, 0.25) is 0 Å². The fraction of sp³-hybridized carbons (Fsp3) is 0.667. The molecule has 4 aliphatic rings. The molecule has 10 nitrogen and oxygen atoms in total. The number of nitrogens with two attached hydrogens (primary N) is 2. The van der Waals surface area contributed by atoms with Gasteiger partial charge in [0.1, 0.15) is 46.0 Å². The van der Waals surface area contributed by atoms with Gasteiger partial charge < -0.3 is 40.7 Å². The Bertz CT molecular complexity index is 1440. The van der Waals surface area contributed by atoms with Gasteiger partial charge in [-0.25, -0.2) is 4.99 Å². The number of hydrogen-bond acceptors (Lipinski definition) is 10. The van der Waals surface area contributed by atoms with E-state index in [2.05, 4.69) is 4.99 Å². The van der Waals surface area contributed by atoms with E-state index in [0.717, 1.165) is 44.1 Å². The first-order valence-corrected chi connectivity index (χ1v) is 17.3. The quantitative estimate of drug-likeness (QED) is 0.188. The first-order valence-electron chi connectivity index (χ1n) is 14.8. The van der Waals surface area contributed by atoms with Gasteiger partial charge in [-0.2, -0.15) is 0 Å². The van der Waals surface area contributed by atoms with Crippen molar-refractivity contribution in [1.29, 1.82) is 0 Å². The van der Waals surface area contributed by atoms with Gasteiger partial charge in [0, 0.05) is 40.5 Å². The fourth-order valence-corrected chi connectivity index (χ4v) is 10.0. The van der Waals surface area contributed by atoms with Gasteiger partial charge in [-0.3, -0.25) is 4.79 Å². The van der Waals surface area contributed by atoms with E-state index in [9.17, 15) is 20.1 Å². The summed E-state index contributed by atoms with van der Waals surface area (Å²) in [5.41, 5.74) is 10.0. The van der Waals surface area contributed by atoms with Crippen LogP contribution >= 0.6 is 21.6 Å². The summed E-state index contributed by atoms with van der Waals surface area (Å²) < 4.78 is 19.6. The van der Waals surface area contributed by atoms with Crippen LogP contribution in [0.5, 0.6) is 11.5 Å². The highest BCUT2D eigenvalue weighted by Crippen LogP contribution is 2.59. The Morgan fingerprint density at radius 3 is 2.52 bits per heavy atom. The predicted molar refractivity (Wildman–Crippen MR) is 165 cm³/mol. The summed E-state index contributed by atoms with van der Waals surface area (Å²) >= 11 is 0. The number of rotatable bonds is 5. The number of aliphatic hydroxyl groups excluding tert-OH is 2. The molecule has 230 valence electrons. The van der Waals surface area contributed by atoms with Gasteiger partial charge >= 0.3 is 0 Å². The average molecular weight is 620 g/mol. The third-order valence-electron chi connectivity index (χ3n) is 9.72. The molecule has 1 spiro atoms. The van der Waals surface area contributed by atoms with Crippen LogP contribution in [0.15, 0.2) is 20.3 Å². The van der Waals surface area contributed by atoms with E-state index in [0.29, 0.717) is 58.8 Å². The van der Waals surface area contributed by atoms with Crippen molar-refractivity contribution < 1.29 is 29.2 Å². The Balaban J connectivity index is 1.59. The van der Waals surface area contributed by atoms with Gasteiger partial charge in [0.15, 0.2) is 11.4 Å². The summed E-state index contributed by atoms with van der Waals surface area (Å²) in [6.07, 6.45) is 5.28. The van der Waals surface area contributed by atoms with E-state index in [4.69, 9.17) is 25.4 Å². The van der Waals surface area contributed by atoms with E-state index >= 15 is 0 Å². The summed E-state index contributed by atoms with van der Waals surface area (Å²) in [6, 6.07) is 1.36. The van der Waals surface area contributed by atoms with Crippen LogP contribution in [-0.4, -0.2) is 57.0 Å². The molecule has 12 heteroatoms. The molecule has 3 heterocycles. The molecule has 2 saturated carbocycles. The topological polar surface area (TPSA) is 174 Å². The zero-order valence-corrected chi connectivity index (χ0v) is 25.8. The normalized spacial score (nSPS) is 27.6. The predicted octanol–water partition coefficient (Wildman–Crippen LogP) is 3.68. The Morgan fingerprint density at radius 2 is 1.88 bits per heavy atom. The van der Waals surface area contributed by atoms with Crippen LogP contribution < -0.4 is 26.4 Å². The maximum Gasteiger partial charge on any atom is 0.196 e. The van der Waals surface area contributed by atoms with Crippen LogP contribution in [0.1, 0.15) is 88.2 Å². The molecule has 2 aromatic rings. The zero-order chi connectivity index (χ0) is 29.9. The molecule has 0 radical (unpaired) electrons. The van der Waals surface area contributed by atoms with Gasteiger partial charge in [-0.15, -0.1) is 0 Å². The average Bonchev–Trinajstić information content (AvgIpc) is 3.71. The molecular weight excluding hydrogens is 578 g/mol. The van der Waals surface area contributed by atoms with Crippen LogP contribution in [0.4, 0.5) is 0 Å². The number of hydrogen-bond donors (Lipinski definition) is 5. The minimum atomic E-state index is -1.25. The standard InChI is InChI=1S/C30H41N3O7S2/c1-28(2,37)21-11-17-23(40-21)18-13-41-42-15-30(14-34,33-27(31)32)29(9-5-6-10-29)26(36)20-12-19(35)22(25(18)39-20)24(17)38-16-7-3-4-8-16/h12,16,21,26,34,36-37H,3-11,13-15H2,1-2H3,(H4,31,32,33)/t21-,26+,30-/m0/s1. The van der Waals surface area contributed by atoms with Gasteiger partial charge in [0.05, 0.1) is 18.3 Å². The fourth-order valence-electron chi connectivity index (χ4n) is 7.42. The lowest BCUT2D eigenvalue weighted by Crippen LogP contribution is -2.55. The maximum absolute atomic E-state index is 14.1. The van der Waals surface area contributed by atoms with E-state index < -0.39 is 28.8 Å². The molecule has 6 rings (SSSR count). The van der Waals surface area contributed by atoms with Crippen molar-refractivity contribution in [3.63, 3.8) is 0 Å². The molecule has 1 aromatic carbocycles. The minimum absolute atomic E-state index is 0.0208. The highest BCUT2D eigenvalue weighted by molar-refractivity contribution is 8.76. The first-order chi connectivity index (χ1) is 20.0. The van der Waals surface area contributed by atoms with Crippen molar-refractivity contribution in [2.75, 3.05) is 12.4 Å². The highest BCUT2D eigenvalue weighted by Gasteiger charge is 2.58. The van der Waals surface area contributed by atoms with E-state index in [1.807, 2.05) is 0 Å². The Morgan fingerprint density at radius 1 is 1.17 bits per heavy atom. The van der Waals surface area contributed by atoms with E-state index in [1.165, 1.54) is 27.7 Å². The van der Waals surface area contributed by atoms with Crippen molar-refractivity contribution >= 4 is 38.5 Å². The number of benzene rings is 1. The molecule has 0 amide bonds. The minimum Gasteiger partial charge on any atom is -0.489 e. The number of guanidine groups is 1. The molecular formula is C30H41N3O7S2. The SMILES string of the molecule is CC(C)(O)[C@@H]1Cc2c(c3c4oc(cc(=O)c4c2OC2CCCC2)[C@@H](O)C2(CCCC2)[C@@](CO)(N=C(N)N)CSSC3)O1. The summed E-state index contributed by atoms with van der Waals surface area (Å²) in [5.74, 6) is 1.72. The maximum atomic E-state index is 14.1. The second-order valence-corrected chi connectivity index (χ2v) is 15.3. The summed E-state index contributed by atoms with van der Waals surface area (Å²) in [6.45, 7) is 3.05. The third-order valence-corrected chi connectivity index (χ3v) is 12.1. The number of nitrogens with zero attached hydrogens (tertiary/aromatic N) is 1. The molecule has 2 aliphatic carbocycles. The zero-order valence-electron chi connectivity index (χ0n) is 24.2. The number of aliphatic hydroxyl groups is 3. The summed E-state index contributed by atoms with van der Waals surface area (Å²) in [5, 5.41) is 34.2. The smallest absolute Gasteiger partial charge is 0.196 e. The Labute approximate surface area is 253 Å². The van der Waals surface area contributed by atoms with Gasteiger partial charge in [0.25, 0.3) is 0 Å². The van der Waals surface area contributed by atoms with Crippen molar-refractivity contribution in [3.05, 3.63) is 33.2 Å². The lowest BCUT2D eigenvalue weighted by atomic mass is 9.65. The molecule has 1 aromatic heterocycles. The van der Waals surface area contributed by atoms with Gasteiger partial charge in [0.2, 0.25) is 0 Å².